The monoisotopic (exact) mass is 275 g/mol. The Hall–Kier alpha value is -1.35. The van der Waals surface area contributed by atoms with Crippen molar-refractivity contribution in [3.63, 3.8) is 0 Å². The molecular formula is C17H25NO2. The molecule has 0 amide bonds. The Morgan fingerprint density at radius 3 is 3.00 bits per heavy atom. The van der Waals surface area contributed by atoms with E-state index in [4.69, 9.17) is 4.74 Å². The van der Waals surface area contributed by atoms with Gasteiger partial charge in [-0.15, -0.1) is 0 Å². The molecule has 0 aliphatic carbocycles. The third-order valence-electron chi connectivity index (χ3n) is 4.11. The predicted octanol–water partition coefficient (Wildman–Crippen LogP) is 3.53. The Kier molecular flexibility index (Phi) is 6.06. The lowest BCUT2D eigenvalue weighted by Gasteiger charge is -2.35. The number of aldehydes is 1. The fourth-order valence-corrected chi connectivity index (χ4v) is 2.98. The number of carbonyl (C=O) groups is 1. The minimum atomic E-state index is 0.636. The lowest BCUT2D eigenvalue weighted by Crippen LogP contribution is -2.40. The molecule has 3 nitrogen and oxygen atoms in total. The van der Waals surface area contributed by atoms with Gasteiger partial charge >= 0.3 is 0 Å². The van der Waals surface area contributed by atoms with Crippen LogP contribution in [0.5, 0.6) is 5.75 Å². The van der Waals surface area contributed by atoms with Crippen LogP contribution in [0.15, 0.2) is 24.3 Å². The minimum absolute atomic E-state index is 0.636. The Labute approximate surface area is 121 Å². The zero-order valence-electron chi connectivity index (χ0n) is 12.4. The van der Waals surface area contributed by atoms with Gasteiger partial charge in [-0.2, -0.15) is 0 Å². The van der Waals surface area contributed by atoms with Crippen molar-refractivity contribution in [3.05, 3.63) is 29.8 Å². The van der Waals surface area contributed by atoms with Gasteiger partial charge in [0.25, 0.3) is 0 Å². The zero-order chi connectivity index (χ0) is 14.2. The first-order valence-electron chi connectivity index (χ1n) is 7.76. The van der Waals surface area contributed by atoms with Crippen molar-refractivity contribution in [2.45, 2.75) is 45.1 Å². The summed E-state index contributed by atoms with van der Waals surface area (Å²) < 4.78 is 5.73. The molecule has 1 aromatic carbocycles. The number of hydrogen-bond donors (Lipinski definition) is 0. The number of nitrogens with zero attached hydrogens (tertiary/aromatic N) is 1. The zero-order valence-corrected chi connectivity index (χ0v) is 12.4. The summed E-state index contributed by atoms with van der Waals surface area (Å²) in [6.45, 7) is 5.28. The Bertz CT molecular complexity index is 419. The molecule has 1 aliphatic rings. The molecule has 0 radical (unpaired) electrons. The molecule has 110 valence electrons. The molecule has 3 heteroatoms. The van der Waals surface area contributed by atoms with Crippen LogP contribution in [0.2, 0.25) is 0 Å². The van der Waals surface area contributed by atoms with Gasteiger partial charge in [-0.25, -0.2) is 0 Å². The molecule has 0 spiro atoms. The highest BCUT2D eigenvalue weighted by molar-refractivity contribution is 5.79. The van der Waals surface area contributed by atoms with Gasteiger partial charge in [-0.1, -0.05) is 25.5 Å². The lowest BCUT2D eigenvalue weighted by atomic mass is 10.00. The van der Waals surface area contributed by atoms with Crippen molar-refractivity contribution < 1.29 is 9.53 Å². The summed E-state index contributed by atoms with van der Waals surface area (Å²) in [5, 5.41) is 0. The van der Waals surface area contributed by atoms with E-state index in [1.165, 1.54) is 32.2 Å². The summed E-state index contributed by atoms with van der Waals surface area (Å²) in [6, 6.07) is 8.17. The van der Waals surface area contributed by atoms with Gasteiger partial charge in [0.05, 0.1) is 12.2 Å². The molecule has 1 aromatic rings. The number of para-hydroxylation sites is 1. The fraction of sp³-hybridized carbons (Fsp3) is 0.588. The molecule has 0 bridgehead atoms. The van der Waals surface area contributed by atoms with E-state index in [-0.39, 0.29) is 0 Å². The number of piperidine rings is 1. The second kappa shape index (κ2) is 8.05. The molecule has 1 aliphatic heterocycles. The van der Waals surface area contributed by atoms with Crippen LogP contribution >= 0.6 is 0 Å². The van der Waals surface area contributed by atoms with Crippen LogP contribution in [0.4, 0.5) is 0 Å². The number of rotatable bonds is 7. The van der Waals surface area contributed by atoms with Crippen molar-refractivity contribution in [3.8, 4) is 5.75 Å². The Balaban J connectivity index is 1.74. The van der Waals surface area contributed by atoms with Crippen LogP contribution in [0.25, 0.3) is 0 Å². The first-order valence-corrected chi connectivity index (χ1v) is 7.76. The minimum Gasteiger partial charge on any atom is -0.493 e. The van der Waals surface area contributed by atoms with Gasteiger partial charge < -0.3 is 9.64 Å². The maximum atomic E-state index is 10.9. The molecule has 1 atom stereocenters. The molecule has 1 fully saturated rings. The van der Waals surface area contributed by atoms with Gasteiger partial charge in [-0.3, -0.25) is 4.79 Å². The molecular weight excluding hydrogens is 250 g/mol. The Morgan fingerprint density at radius 1 is 1.35 bits per heavy atom. The Morgan fingerprint density at radius 2 is 2.20 bits per heavy atom. The molecule has 1 heterocycles. The quantitative estimate of drug-likeness (QED) is 0.563. The van der Waals surface area contributed by atoms with Gasteiger partial charge in [0.1, 0.15) is 5.75 Å². The maximum Gasteiger partial charge on any atom is 0.153 e. The van der Waals surface area contributed by atoms with Crippen LogP contribution in [0, 0.1) is 0 Å². The first kappa shape index (κ1) is 15.0. The number of hydrogen-bond acceptors (Lipinski definition) is 3. The molecule has 0 N–H and O–H groups in total. The highest BCUT2D eigenvalue weighted by Gasteiger charge is 2.19. The summed E-state index contributed by atoms with van der Waals surface area (Å²) in [5.74, 6) is 0.702. The van der Waals surface area contributed by atoms with E-state index in [0.717, 1.165) is 25.3 Å². The predicted molar refractivity (Wildman–Crippen MR) is 81.4 cm³/mol. The smallest absolute Gasteiger partial charge is 0.153 e. The average molecular weight is 275 g/mol. The van der Waals surface area contributed by atoms with E-state index in [0.29, 0.717) is 17.9 Å². The van der Waals surface area contributed by atoms with Crippen molar-refractivity contribution in [1.29, 1.82) is 0 Å². The number of carbonyl (C=O) groups excluding carboxylic acids is 1. The summed E-state index contributed by atoms with van der Waals surface area (Å²) in [5.41, 5.74) is 0.636. The average Bonchev–Trinajstić information content (AvgIpc) is 2.52. The molecule has 0 aromatic heterocycles. The molecule has 2 rings (SSSR count). The maximum absolute atomic E-state index is 10.9. The highest BCUT2D eigenvalue weighted by Crippen LogP contribution is 2.20. The number of ether oxygens (including phenoxy) is 1. The standard InChI is InChI=1S/C17H25NO2/c1-2-16-9-5-6-11-18(16)12-7-13-20-17-10-4-3-8-15(17)14-19/h3-4,8,10,14,16H,2,5-7,9,11-13H2,1H3. The van der Waals surface area contributed by atoms with Crippen LogP contribution in [0.1, 0.15) is 49.4 Å². The van der Waals surface area contributed by atoms with E-state index in [1.54, 1.807) is 6.07 Å². The van der Waals surface area contributed by atoms with Crippen LogP contribution < -0.4 is 4.74 Å². The van der Waals surface area contributed by atoms with Gasteiger partial charge in [0.2, 0.25) is 0 Å². The molecule has 0 saturated carbocycles. The van der Waals surface area contributed by atoms with E-state index < -0.39 is 0 Å². The number of benzene rings is 1. The highest BCUT2D eigenvalue weighted by atomic mass is 16.5. The fourth-order valence-electron chi connectivity index (χ4n) is 2.98. The van der Waals surface area contributed by atoms with Gasteiger partial charge in [0, 0.05) is 12.6 Å². The summed E-state index contributed by atoms with van der Waals surface area (Å²) in [4.78, 5) is 13.5. The summed E-state index contributed by atoms with van der Waals surface area (Å²) in [6.07, 6.45) is 7.15. The topological polar surface area (TPSA) is 29.5 Å². The third-order valence-corrected chi connectivity index (χ3v) is 4.11. The van der Waals surface area contributed by atoms with Crippen molar-refractivity contribution >= 4 is 6.29 Å². The van der Waals surface area contributed by atoms with Crippen molar-refractivity contribution in [2.75, 3.05) is 19.7 Å². The number of likely N-dealkylation sites (tertiary alicyclic amines) is 1. The molecule has 1 saturated heterocycles. The largest absolute Gasteiger partial charge is 0.493 e. The summed E-state index contributed by atoms with van der Waals surface area (Å²) >= 11 is 0. The first-order chi connectivity index (χ1) is 9.85. The SMILES string of the molecule is CCC1CCCCN1CCCOc1ccccc1C=O. The van der Waals surface area contributed by atoms with E-state index in [9.17, 15) is 4.79 Å². The van der Waals surface area contributed by atoms with Gasteiger partial charge in [-0.05, 0) is 44.4 Å². The van der Waals surface area contributed by atoms with E-state index >= 15 is 0 Å². The van der Waals surface area contributed by atoms with Crippen molar-refractivity contribution in [1.82, 2.24) is 4.90 Å². The van der Waals surface area contributed by atoms with Gasteiger partial charge in [0.15, 0.2) is 6.29 Å². The normalized spacial score (nSPS) is 19.8. The van der Waals surface area contributed by atoms with Crippen LogP contribution in [0.3, 0.4) is 0 Å². The van der Waals surface area contributed by atoms with Crippen LogP contribution in [-0.4, -0.2) is 36.9 Å². The van der Waals surface area contributed by atoms with Crippen LogP contribution in [-0.2, 0) is 0 Å². The third kappa shape index (κ3) is 4.07. The van der Waals surface area contributed by atoms with Crippen molar-refractivity contribution in [2.24, 2.45) is 0 Å². The van der Waals surface area contributed by atoms with E-state index in [2.05, 4.69) is 11.8 Å². The van der Waals surface area contributed by atoms with E-state index in [1.807, 2.05) is 18.2 Å². The summed E-state index contributed by atoms with van der Waals surface area (Å²) in [7, 11) is 0. The second-order valence-corrected chi connectivity index (χ2v) is 5.45. The lowest BCUT2D eigenvalue weighted by molar-refractivity contribution is 0.111. The molecule has 1 unspecified atom stereocenters. The molecule has 20 heavy (non-hydrogen) atoms. The second-order valence-electron chi connectivity index (χ2n) is 5.45.